The summed E-state index contributed by atoms with van der Waals surface area (Å²) in [4.78, 5) is 12.5. The highest BCUT2D eigenvalue weighted by Gasteiger charge is 2.21. The van der Waals surface area contributed by atoms with Gasteiger partial charge in [0.25, 0.3) is 0 Å². The Labute approximate surface area is 176 Å². The minimum absolute atomic E-state index is 0.156. The number of rotatable bonds is 3. The summed E-state index contributed by atoms with van der Waals surface area (Å²) < 4.78 is 32.9. The predicted molar refractivity (Wildman–Crippen MR) is 115 cm³/mol. The Kier molecular flexibility index (Phi) is 5.18. The molecule has 2 N–H and O–H groups in total. The number of anilines is 2. The average molecular weight is 427 g/mol. The first-order valence-electron chi connectivity index (χ1n) is 9.15. The lowest BCUT2D eigenvalue weighted by molar-refractivity contribution is 0.261. The zero-order chi connectivity index (χ0) is 21.4. The standard InChI is InChI=1S/C23H17ClF2N2O2/c1-12-9-16-20(10-13(12)2)30-22(21(16)15-5-3-4-6-17(15)24)28-23(29)27-19-8-7-14(25)11-18(19)26/h3-11H,1-2H3,(H2,27,28,29). The monoisotopic (exact) mass is 426 g/mol. The van der Waals surface area contributed by atoms with Crippen molar-refractivity contribution in [3.05, 3.63) is 82.4 Å². The molecule has 0 aliphatic heterocycles. The molecule has 7 heteroatoms. The first kappa shape index (κ1) is 19.9. The van der Waals surface area contributed by atoms with Crippen molar-refractivity contribution in [1.29, 1.82) is 0 Å². The van der Waals surface area contributed by atoms with Crippen molar-refractivity contribution < 1.29 is 18.0 Å². The Morgan fingerprint density at radius 3 is 2.43 bits per heavy atom. The number of aryl methyl sites for hydroxylation is 2. The van der Waals surface area contributed by atoms with E-state index in [0.29, 0.717) is 27.8 Å². The molecule has 0 unspecified atom stereocenters. The SMILES string of the molecule is Cc1cc2oc(NC(=O)Nc3ccc(F)cc3F)c(-c3ccccc3Cl)c2cc1C. The molecule has 4 rings (SSSR count). The van der Waals surface area contributed by atoms with E-state index >= 15 is 0 Å². The van der Waals surface area contributed by atoms with Crippen LogP contribution in [0.3, 0.4) is 0 Å². The van der Waals surface area contributed by atoms with Crippen LogP contribution >= 0.6 is 11.6 Å². The molecular weight excluding hydrogens is 410 g/mol. The quantitative estimate of drug-likeness (QED) is 0.361. The molecule has 0 saturated carbocycles. The highest BCUT2D eigenvalue weighted by molar-refractivity contribution is 6.34. The molecule has 0 radical (unpaired) electrons. The molecule has 4 nitrogen and oxygen atoms in total. The lowest BCUT2D eigenvalue weighted by atomic mass is 10.0. The molecule has 1 heterocycles. The van der Waals surface area contributed by atoms with Gasteiger partial charge in [-0.2, -0.15) is 0 Å². The van der Waals surface area contributed by atoms with E-state index in [1.165, 1.54) is 0 Å². The third-order valence-corrected chi connectivity index (χ3v) is 5.18. The molecule has 0 aliphatic carbocycles. The Morgan fingerprint density at radius 2 is 1.70 bits per heavy atom. The summed E-state index contributed by atoms with van der Waals surface area (Å²) in [5, 5.41) is 6.26. The van der Waals surface area contributed by atoms with Crippen LogP contribution in [0.25, 0.3) is 22.1 Å². The van der Waals surface area contributed by atoms with Gasteiger partial charge >= 0.3 is 6.03 Å². The predicted octanol–water partition coefficient (Wildman–Crippen LogP) is 7.29. The second-order valence-corrected chi connectivity index (χ2v) is 7.33. The summed E-state index contributed by atoms with van der Waals surface area (Å²) in [6.07, 6.45) is 0. The molecule has 0 fully saturated rings. The zero-order valence-corrected chi connectivity index (χ0v) is 16.9. The van der Waals surface area contributed by atoms with Crippen LogP contribution in [0.4, 0.5) is 25.1 Å². The van der Waals surface area contributed by atoms with E-state index in [4.69, 9.17) is 16.0 Å². The molecule has 0 spiro atoms. The summed E-state index contributed by atoms with van der Waals surface area (Å²) in [5.41, 5.74) is 3.82. The number of nitrogens with one attached hydrogen (secondary N) is 2. The first-order chi connectivity index (χ1) is 14.3. The minimum Gasteiger partial charge on any atom is -0.440 e. The van der Waals surface area contributed by atoms with Crippen LogP contribution in [0.5, 0.6) is 0 Å². The third-order valence-electron chi connectivity index (χ3n) is 4.85. The fourth-order valence-corrected chi connectivity index (χ4v) is 3.45. The van der Waals surface area contributed by atoms with Gasteiger partial charge in [0.2, 0.25) is 5.88 Å². The van der Waals surface area contributed by atoms with Crippen LogP contribution in [0.2, 0.25) is 5.02 Å². The van der Waals surface area contributed by atoms with E-state index in [0.717, 1.165) is 28.6 Å². The fourth-order valence-electron chi connectivity index (χ4n) is 3.22. The first-order valence-corrected chi connectivity index (χ1v) is 9.53. The van der Waals surface area contributed by atoms with Crippen LogP contribution < -0.4 is 10.6 Å². The van der Waals surface area contributed by atoms with Crippen LogP contribution in [-0.2, 0) is 0 Å². The highest BCUT2D eigenvalue weighted by atomic mass is 35.5. The second-order valence-electron chi connectivity index (χ2n) is 6.92. The number of fused-ring (bicyclic) bond motifs is 1. The van der Waals surface area contributed by atoms with E-state index in [-0.39, 0.29) is 11.6 Å². The van der Waals surface area contributed by atoms with Gasteiger partial charge in [-0.25, -0.2) is 13.6 Å². The van der Waals surface area contributed by atoms with Crippen molar-refractivity contribution in [2.45, 2.75) is 13.8 Å². The average Bonchev–Trinajstić information content (AvgIpc) is 3.01. The number of urea groups is 1. The van der Waals surface area contributed by atoms with Crippen LogP contribution in [-0.4, -0.2) is 6.03 Å². The van der Waals surface area contributed by atoms with Gasteiger partial charge in [-0.15, -0.1) is 0 Å². The molecule has 1 aromatic heterocycles. The Hall–Kier alpha value is -3.38. The van der Waals surface area contributed by atoms with E-state index in [2.05, 4.69) is 10.6 Å². The summed E-state index contributed by atoms with van der Waals surface area (Å²) >= 11 is 6.41. The largest absolute Gasteiger partial charge is 0.440 e. The highest BCUT2D eigenvalue weighted by Crippen LogP contribution is 2.42. The van der Waals surface area contributed by atoms with Crippen LogP contribution in [0, 0.1) is 25.5 Å². The van der Waals surface area contributed by atoms with Crippen molar-refractivity contribution in [2.24, 2.45) is 0 Å². The van der Waals surface area contributed by atoms with Crippen LogP contribution in [0.15, 0.2) is 59.0 Å². The minimum atomic E-state index is -0.882. The maximum absolute atomic E-state index is 13.9. The number of hydrogen-bond acceptors (Lipinski definition) is 2. The Bertz CT molecular complexity index is 1280. The third kappa shape index (κ3) is 3.74. The summed E-state index contributed by atoms with van der Waals surface area (Å²) in [6.45, 7) is 3.94. The smallest absolute Gasteiger partial charge is 0.326 e. The summed E-state index contributed by atoms with van der Waals surface area (Å²) in [5.74, 6) is -1.45. The summed E-state index contributed by atoms with van der Waals surface area (Å²) in [6, 6.07) is 13.2. The molecule has 152 valence electrons. The molecule has 0 atom stereocenters. The van der Waals surface area contributed by atoms with Crippen molar-refractivity contribution in [3.8, 4) is 11.1 Å². The molecule has 2 amide bonds. The molecule has 3 aromatic carbocycles. The lowest BCUT2D eigenvalue weighted by Crippen LogP contribution is -2.20. The van der Waals surface area contributed by atoms with E-state index in [1.54, 1.807) is 12.1 Å². The van der Waals surface area contributed by atoms with Gasteiger partial charge in [0.15, 0.2) is 0 Å². The number of halogens is 3. The van der Waals surface area contributed by atoms with E-state index in [1.807, 2.05) is 38.1 Å². The molecule has 0 aliphatic rings. The number of hydrogen-bond donors (Lipinski definition) is 2. The number of benzene rings is 3. The van der Waals surface area contributed by atoms with Gasteiger partial charge in [0.1, 0.15) is 17.2 Å². The van der Waals surface area contributed by atoms with Crippen molar-refractivity contribution in [1.82, 2.24) is 0 Å². The number of carbonyl (C=O) groups is 1. The van der Waals surface area contributed by atoms with Gasteiger partial charge in [0, 0.05) is 22.0 Å². The van der Waals surface area contributed by atoms with E-state index in [9.17, 15) is 13.6 Å². The Balaban J connectivity index is 1.77. The van der Waals surface area contributed by atoms with Gasteiger partial charge in [-0.05, 0) is 55.3 Å². The van der Waals surface area contributed by atoms with Crippen molar-refractivity contribution in [3.63, 3.8) is 0 Å². The number of carbonyl (C=O) groups excluding carboxylic acids is 1. The maximum Gasteiger partial charge on any atom is 0.326 e. The van der Waals surface area contributed by atoms with Gasteiger partial charge in [0.05, 0.1) is 11.3 Å². The Morgan fingerprint density at radius 1 is 0.967 bits per heavy atom. The molecule has 4 aromatic rings. The zero-order valence-electron chi connectivity index (χ0n) is 16.1. The topological polar surface area (TPSA) is 54.3 Å². The van der Waals surface area contributed by atoms with Crippen LogP contribution in [0.1, 0.15) is 11.1 Å². The molecule has 0 saturated heterocycles. The molecule has 0 bridgehead atoms. The maximum atomic E-state index is 13.9. The normalized spacial score (nSPS) is 11.0. The summed E-state index contributed by atoms with van der Waals surface area (Å²) in [7, 11) is 0. The van der Waals surface area contributed by atoms with Gasteiger partial charge in [-0.3, -0.25) is 5.32 Å². The fraction of sp³-hybridized carbons (Fsp3) is 0.0870. The van der Waals surface area contributed by atoms with E-state index < -0.39 is 17.7 Å². The van der Waals surface area contributed by atoms with Gasteiger partial charge < -0.3 is 9.73 Å². The van der Waals surface area contributed by atoms with Crippen molar-refractivity contribution in [2.75, 3.05) is 10.6 Å². The van der Waals surface area contributed by atoms with Gasteiger partial charge in [-0.1, -0.05) is 29.8 Å². The lowest BCUT2D eigenvalue weighted by Gasteiger charge is -2.09. The van der Waals surface area contributed by atoms with Crippen molar-refractivity contribution >= 4 is 40.2 Å². The number of amides is 2. The second kappa shape index (κ2) is 7.80. The molecular formula is C23H17ClF2N2O2. The number of furan rings is 1. The molecule has 30 heavy (non-hydrogen) atoms.